The van der Waals surface area contributed by atoms with E-state index in [1.165, 1.54) is 16.4 Å². The van der Waals surface area contributed by atoms with E-state index in [-0.39, 0.29) is 55.5 Å². The van der Waals surface area contributed by atoms with E-state index in [0.29, 0.717) is 30.6 Å². The normalized spacial score (nSPS) is 18.7. The Morgan fingerprint density at radius 3 is 2.05 bits per heavy atom. The van der Waals surface area contributed by atoms with E-state index in [1.54, 1.807) is 36.4 Å². The summed E-state index contributed by atoms with van der Waals surface area (Å²) in [5.74, 6) is -0.140. The first-order valence-corrected chi connectivity index (χ1v) is 23.1. The minimum atomic E-state index is -4.60. The maximum atomic E-state index is 15.1. The fourth-order valence-corrected chi connectivity index (χ4v) is 10.2. The standard InChI is InChI=1S/C45H54N3O10PS.H2O/c1-34-20-22-38(23-21-34)60(51,52)48(33-45(2,3)25-13-26-46)29-41(58-59(50,55-30-36-16-9-5-10-17-36)56-31-37-18-11-6-12-19-37)40(28-35-14-7-4-8-15-35)47-44(49)57-42-32-54-43-39(42)24-27-53-43;/h4-12,14-23,39-43H,13,24-25,27-33H2,1-3H3,(H,47,49);1H2/t39?,40-,41?,42?,43?;/m0./s1. The Labute approximate surface area is 359 Å². The number of phosphoric acid groups is 1. The smallest absolute Gasteiger partial charge is 0.443 e. The summed E-state index contributed by atoms with van der Waals surface area (Å²) in [6.45, 7) is 5.52. The van der Waals surface area contributed by atoms with Crippen molar-refractivity contribution in [1.29, 1.82) is 5.26 Å². The maximum Gasteiger partial charge on any atom is 0.475 e. The molecule has 14 nitrogen and oxygen atoms in total. The molecule has 1 amide bonds. The molecule has 328 valence electrons. The van der Waals surface area contributed by atoms with Crippen LogP contribution in [0.5, 0.6) is 0 Å². The van der Waals surface area contributed by atoms with Crippen molar-refractivity contribution >= 4 is 23.9 Å². The third kappa shape index (κ3) is 13.8. The van der Waals surface area contributed by atoms with Gasteiger partial charge in [-0.05, 0) is 60.4 Å². The van der Waals surface area contributed by atoms with Gasteiger partial charge < -0.3 is 25.0 Å². The summed E-state index contributed by atoms with van der Waals surface area (Å²) >= 11 is 0. The highest BCUT2D eigenvalue weighted by molar-refractivity contribution is 7.89. The minimum absolute atomic E-state index is 0. The number of carbonyl (C=O) groups excluding carboxylic acids is 1. The molecule has 2 aliphatic heterocycles. The van der Waals surface area contributed by atoms with E-state index < -0.39 is 60.4 Å². The van der Waals surface area contributed by atoms with Gasteiger partial charge in [0.05, 0.1) is 49.4 Å². The van der Waals surface area contributed by atoms with Gasteiger partial charge in [0.2, 0.25) is 10.0 Å². The number of nitrogens with one attached hydrogen (secondary N) is 1. The van der Waals surface area contributed by atoms with Crippen LogP contribution in [0.25, 0.3) is 0 Å². The number of alkyl carbamates (subject to hydrolysis) is 1. The molecule has 0 aromatic heterocycles. The van der Waals surface area contributed by atoms with Gasteiger partial charge in [0.1, 0.15) is 12.2 Å². The van der Waals surface area contributed by atoms with Crippen LogP contribution in [0.2, 0.25) is 0 Å². The molecule has 2 heterocycles. The summed E-state index contributed by atoms with van der Waals surface area (Å²) in [7, 11) is -8.88. The number of aryl methyl sites for hydroxylation is 1. The molecule has 0 saturated carbocycles. The average Bonchev–Trinajstić information content (AvgIpc) is 3.87. The molecule has 0 bridgehead atoms. The Balaban J connectivity index is 0.00000704. The largest absolute Gasteiger partial charge is 0.475 e. The van der Waals surface area contributed by atoms with E-state index in [9.17, 15) is 18.5 Å². The molecular formula is C45H56N3O11PS. The summed E-state index contributed by atoms with van der Waals surface area (Å²) in [6.07, 6.45) is -1.82. The first kappa shape index (κ1) is 47.6. The van der Waals surface area contributed by atoms with Crippen LogP contribution in [0.3, 0.4) is 0 Å². The quantitative estimate of drug-likeness (QED) is 0.0814. The van der Waals surface area contributed by atoms with Crippen LogP contribution in [-0.2, 0) is 62.0 Å². The van der Waals surface area contributed by atoms with Crippen molar-refractivity contribution < 1.29 is 51.0 Å². The van der Waals surface area contributed by atoms with Gasteiger partial charge in [-0.15, -0.1) is 0 Å². The van der Waals surface area contributed by atoms with Gasteiger partial charge in [-0.2, -0.15) is 9.57 Å². The molecule has 3 N–H and O–H groups in total. The summed E-state index contributed by atoms with van der Waals surface area (Å²) in [4.78, 5) is 14.0. The Morgan fingerprint density at radius 1 is 0.902 bits per heavy atom. The first-order chi connectivity index (χ1) is 28.8. The van der Waals surface area contributed by atoms with Gasteiger partial charge in [0, 0.05) is 19.5 Å². The molecule has 2 aliphatic rings. The highest BCUT2D eigenvalue weighted by Crippen LogP contribution is 2.53. The number of amides is 1. The zero-order chi connectivity index (χ0) is 42.6. The number of nitriles is 1. The van der Waals surface area contributed by atoms with Crippen LogP contribution in [0.4, 0.5) is 4.79 Å². The molecule has 6 rings (SSSR count). The van der Waals surface area contributed by atoms with Crippen molar-refractivity contribution in [1.82, 2.24) is 9.62 Å². The lowest BCUT2D eigenvalue weighted by atomic mass is 9.88. The summed E-state index contributed by atoms with van der Waals surface area (Å²) in [5.41, 5.74) is 2.34. The summed E-state index contributed by atoms with van der Waals surface area (Å²) < 4.78 is 82.1. The number of phosphoric ester groups is 1. The molecule has 0 aliphatic carbocycles. The zero-order valence-electron chi connectivity index (χ0n) is 34.8. The molecule has 2 fully saturated rings. The van der Waals surface area contributed by atoms with Crippen LogP contribution >= 0.6 is 7.82 Å². The van der Waals surface area contributed by atoms with Crippen molar-refractivity contribution in [3.63, 3.8) is 0 Å². The average molecular weight is 878 g/mol. The van der Waals surface area contributed by atoms with E-state index in [2.05, 4.69) is 11.4 Å². The lowest BCUT2D eigenvalue weighted by Gasteiger charge is -2.37. The van der Waals surface area contributed by atoms with Gasteiger partial charge >= 0.3 is 13.9 Å². The lowest BCUT2D eigenvalue weighted by molar-refractivity contribution is -0.0907. The number of benzene rings is 4. The monoisotopic (exact) mass is 877 g/mol. The number of fused-ring (bicyclic) bond motifs is 1. The Morgan fingerprint density at radius 2 is 1.48 bits per heavy atom. The van der Waals surface area contributed by atoms with Crippen LogP contribution < -0.4 is 5.32 Å². The molecule has 16 heteroatoms. The second-order valence-electron chi connectivity index (χ2n) is 16.0. The van der Waals surface area contributed by atoms with Crippen LogP contribution in [0.15, 0.2) is 120 Å². The summed E-state index contributed by atoms with van der Waals surface area (Å²) in [5, 5.41) is 12.5. The van der Waals surface area contributed by atoms with Crippen molar-refractivity contribution in [2.75, 3.05) is 26.3 Å². The first-order valence-electron chi connectivity index (χ1n) is 20.2. The Kier molecular flexibility index (Phi) is 17.2. The SMILES string of the molecule is Cc1ccc(S(=O)(=O)N(CC(OP(=O)(OCc2ccccc2)OCc2ccccc2)[C@H](Cc2ccccc2)NC(=O)OC2COC3OCCC23)CC(C)(C)CCC#N)cc1.O. The number of carbonyl (C=O) groups is 1. The van der Waals surface area contributed by atoms with E-state index >= 15 is 4.57 Å². The number of nitrogens with zero attached hydrogens (tertiary/aromatic N) is 2. The van der Waals surface area contributed by atoms with Crippen LogP contribution in [0, 0.1) is 29.6 Å². The van der Waals surface area contributed by atoms with Gasteiger partial charge in [-0.1, -0.05) is 123 Å². The van der Waals surface area contributed by atoms with Crippen LogP contribution in [0.1, 0.15) is 55.4 Å². The third-order valence-corrected chi connectivity index (χ3v) is 13.8. The molecule has 2 saturated heterocycles. The van der Waals surface area contributed by atoms with Crippen molar-refractivity contribution in [3.05, 3.63) is 138 Å². The number of hydrogen-bond donors (Lipinski definition) is 1. The maximum absolute atomic E-state index is 15.1. The second kappa shape index (κ2) is 22.1. The van der Waals surface area contributed by atoms with E-state index in [4.69, 9.17) is 27.8 Å². The molecule has 4 aromatic carbocycles. The van der Waals surface area contributed by atoms with Gasteiger partial charge in [0.25, 0.3) is 0 Å². The van der Waals surface area contributed by atoms with Crippen molar-refractivity contribution in [2.45, 2.75) is 89.1 Å². The fraction of sp³-hybridized carbons (Fsp3) is 0.422. The summed E-state index contributed by atoms with van der Waals surface area (Å²) in [6, 6.07) is 35.1. The van der Waals surface area contributed by atoms with Gasteiger partial charge in [-0.25, -0.2) is 17.8 Å². The number of sulfonamides is 1. The number of ether oxygens (including phenoxy) is 3. The highest BCUT2D eigenvalue weighted by Gasteiger charge is 2.45. The third-order valence-electron chi connectivity index (χ3n) is 10.6. The molecular weight excluding hydrogens is 822 g/mol. The topological polar surface area (TPSA) is 194 Å². The molecule has 61 heavy (non-hydrogen) atoms. The molecule has 4 unspecified atom stereocenters. The van der Waals surface area contributed by atoms with Crippen LogP contribution in [-0.4, -0.2) is 75.1 Å². The lowest BCUT2D eigenvalue weighted by Crippen LogP contribution is -2.53. The molecule has 4 aromatic rings. The Bertz CT molecular complexity index is 2130. The number of hydrogen-bond acceptors (Lipinski definition) is 11. The highest BCUT2D eigenvalue weighted by atomic mass is 32.2. The fourth-order valence-electron chi connectivity index (χ4n) is 7.23. The van der Waals surface area contributed by atoms with E-state index in [1.807, 2.05) is 87.5 Å². The molecule has 0 radical (unpaired) electrons. The minimum Gasteiger partial charge on any atom is -0.443 e. The van der Waals surface area contributed by atoms with Crippen molar-refractivity contribution in [3.8, 4) is 6.07 Å². The predicted octanol–water partition coefficient (Wildman–Crippen LogP) is 7.52. The van der Waals surface area contributed by atoms with Gasteiger partial charge in [-0.3, -0.25) is 13.6 Å². The Hall–Kier alpha value is -4.46. The predicted molar refractivity (Wildman–Crippen MR) is 228 cm³/mol. The number of rotatable bonds is 21. The molecule has 0 spiro atoms. The van der Waals surface area contributed by atoms with E-state index in [0.717, 1.165) is 11.1 Å². The van der Waals surface area contributed by atoms with Crippen molar-refractivity contribution in [2.24, 2.45) is 11.3 Å². The van der Waals surface area contributed by atoms with Gasteiger partial charge in [0.15, 0.2) is 6.29 Å². The second-order valence-corrected chi connectivity index (χ2v) is 19.5. The molecule has 5 atom stereocenters. The zero-order valence-corrected chi connectivity index (χ0v) is 36.5.